The number of rotatable bonds is 7. The first kappa shape index (κ1) is 13.5. The van der Waals surface area contributed by atoms with E-state index in [0.717, 1.165) is 51.9 Å². The summed E-state index contributed by atoms with van der Waals surface area (Å²) in [7, 11) is 0. The van der Waals surface area contributed by atoms with Gasteiger partial charge < -0.3 is 15.4 Å². The van der Waals surface area contributed by atoms with Gasteiger partial charge in [-0.3, -0.25) is 4.79 Å². The summed E-state index contributed by atoms with van der Waals surface area (Å²) in [5.41, 5.74) is 0. The van der Waals surface area contributed by atoms with Gasteiger partial charge in [0.1, 0.15) is 6.61 Å². The summed E-state index contributed by atoms with van der Waals surface area (Å²) in [5, 5.41) is 6.16. The molecule has 0 aromatic carbocycles. The van der Waals surface area contributed by atoms with Crippen LogP contribution in [0.15, 0.2) is 0 Å². The lowest BCUT2D eigenvalue weighted by molar-refractivity contribution is -0.126. The van der Waals surface area contributed by atoms with E-state index in [9.17, 15) is 4.79 Å². The second-order valence-corrected chi connectivity index (χ2v) is 4.41. The van der Waals surface area contributed by atoms with Gasteiger partial charge in [-0.1, -0.05) is 13.3 Å². The molecular formula is C12H24N2O2. The first-order valence-corrected chi connectivity index (χ1v) is 6.38. The third-order valence-corrected chi connectivity index (χ3v) is 2.90. The Kier molecular flexibility index (Phi) is 7.17. The van der Waals surface area contributed by atoms with Crippen LogP contribution >= 0.6 is 0 Å². The minimum absolute atomic E-state index is 0.0161. The lowest BCUT2D eigenvalue weighted by atomic mass is 9.99. The second kappa shape index (κ2) is 8.53. The van der Waals surface area contributed by atoms with Gasteiger partial charge in [-0.15, -0.1) is 0 Å². The fraction of sp³-hybridized carbons (Fsp3) is 0.917. The van der Waals surface area contributed by atoms with Crippen LogP contribution in [0.1, 0.15) is 32.6 Å². The average molecular weight is 228 g/mol. The van der Waals surface area contributed by atoms with Crippen molar-refractivity contribution in [2.24, 2.45) is 5.92 Å². The Morgan fingerprint density at radius 1 is 1.44 bits per heavy atom. The highest BCUT2D eigenvalue weighted by Crippen LogP contribution is 2.11. The third kappa shape index (κ3) is 6.08. The van der Waals surface area contributed by atoms with Gasteiger partial charge >= 0.3 is 0 Å². The van der Waals surface area contributed by atoms with E-state index in [1.54, 1.807) is 0 Å². The summed E-state index contributed by atoms with van der Waals surface area (Å²) in [6, 6.07) is 0. The van der Waals surface area contributed by atoms with Crippen LogP contribution in [0, 0.1) is 5.92 Å². The Hall–Kier alpha value is -0.610. The molecule has 0 bridgehead atoms. The van der Waals surface area contributed by atoms with Crippen molar-refractivity contribution < 1.29 is 9.53 Å². The van der Waals surface area contributed by atoms with Gasteiger partial charge in [-0.2, -0.15) is 0 Å². The molecule has 0 aromatic rings. The molecule has 1 fully saturated rings. The largest absolute Gasteiger partial charge is 0.371 e. The van der Waals surface area contributed by atoms with Crippen LogP contribution in [-0.4, -0.2) is 38.8 Å². The Balaban J connectivity index is 1.94. The number of carbonyl (C=O) groups excluding carboxylic acids is 1. The topological polar surface area (TPSA) is 50.4 Å². The van der Waals surface area contributed by atoms with Crippen LogP contribution in [0.2, 0.25) is 0 Å². The Bertz CT molecular complexity index is 191. The van der Waals surface area contributed by atoms with Gasteiger partial charge in [0.05, 0.1) is 6.61 Å². The van der Waals surface area contributed by atoms with Gasteiger partial charge in [-0.25, -0.2) is 0 Å². The van der Waals surface area contributed by atoms with Gasteiger partial charge in [0.2, 0.25) is 5.91 Å². The molecule has 1 aliphatic heterocycles. The minimum Gasteiger partial charge on any atom is -0.371 e. The van der Waals surface area contributed by atoms with E-state index < -0.39 is 0 Å². The number of carbonyl (C=O) groups is 1. The maximum absolute atomic E-state index is 11.3. The van der Waals surface area contributed by atoms with Crippen molar-refractivity contribution >= 4 is 5.91 Å². The van der Waals surface area contributed by atoms with E-state index >= 15 is 0 Å². The standard InChI is InChI=1S/C12H24N2O2/c1-2-3-6-14-12(15)10-16-9-11-4-7-13-8-5-11/h11,13H,2-10H2,1H3,(H,14,15). The minimum atomic E-state index is 0.0161. The maximum atomic E-state index is 11.3. The molecule has 0 atom stereocenters. The van der Waals surface area contributed by atoms with Crippen LogP contribution < -0.4 is 10.6 Å². The van der Waals surface area contributed by atoms with Gasteiger partial charge in [0, 0.05) is 6.54 Å². The second-order valence-electron chi connectivity index (χ2n) is 4.41. The van der Waals surface area contributed by atoms with E-state index in [-0.39, 0.29) is 12.5 Å². The Morgan fingerprint density at radius 2 is 2.19 bits per heavy atom. The van der Waals surface area contributed by atoms with Gasteiger partial charge in [0.15, 0.2) is 0 Å². The van der Waals surface area contributed by atoms with Crippen LogP contribution in [0.5, 0.6) is 0 Å². The van der Waals surface area contributed by atoms with Crippen molar-refractivity contribution in [2.45, 2.75) is 32.6 Å². The molecule has 94 valence electrons. The normalized spacial score (nSPS) is 17.3. The third-order valence-electron chi connectivity index (χ3n) is 2.90. The summed E-state index contributed by atoms with van der Waals surface area (Å²) < 4.78 is 5.43. The van der Waals surface area contributed by atoms with Crippen molar-refractivity contribution in [3.05, 3.63) is 0 Å². The molecule has 0 aliphatic carbocycles. The summed E-state index contributed by atoms with van der Waals surface area (Å²) in [5.74, 6) is 0.645. The van der Waals surface area contributed by atoms with Gasteiger partial charge in [0.25, 0.3) is 0 Å². The Morgan fingerprint density at radius 3 is 2.88 bits per heavy atom. The molecule has 1 aliphatic rings. The molecule has 16 heavy (non-hydrogen) atoms. The number of ether oxygens (including phenoxy) is 1. The lowest BCUT2D eigenvalue weighted by Gasteiger charge is -2.22. The van der Waals surface area contributed by atoms with Crippen molar-refractivity contribution in [3.63, 3.8) is 0 Å². The number of hydrogen-bond donors (Lipinski definition) is 2. The zero-order valence-electron chi connectivity index (χ0n) is 10.3. The molecule has 1 amide bonds. The smallest absolute Gasteiger partial charge is 0.245 e. The zero-order valence-corrected chi connectivity index (χ0v) is 10.3. The van der Waals surface area contributed by atoms with E-state index in [4.69, 9.17) is 4.74 Å². The molecular weight excluding hydrogens is 204 g/mol. The summed E-state index contributed by atoms with van der Waals surface area (Å²) in [6.45, 7) is 5.98. The summed E-state index contributed by atoms with van der Waals surface area (Å²) in [4.78, 5) is 11.3. The number of amides is 1. The molecule has 1 rings (SSSR count). The predicted octanol–water partition coefficient (Wildman–Crippen LogP) is 0.919. The lowest BCUT2D eigenvalue weighted by Crippen LogP contribution is -2.32. The fourth-order valence-electron chi connectivity index (χ4n) is 1.82. The molecule has 0 unspecified atom stereocenters. The average Bonchev–Trinajstić information content (AvgIpc) is 2.31. The quantitative estimate of drug-likeness (QED) is 0.637. The van der Waals surface area contributed by atoms with Crippen molar-refractivity contribution in [2.75, 3.05) is 32.8 Å². The number of hydrogen-bond acceptors (Lipinski definition) is 3. The molecule has 0 radical (unpaired) electrons. The highest BCUT2D eigenvalue weighted by molar-refractivity contribution is 5.77. The number of nitrogens with one attached hydrogen (secondary N) is 2. The molecule has 4 nitrogen and oxygen atoms in total. The fourth-order valence-corrected chi connectivity index (χ4v) is 1.82. The summed E-state index contributed by atoms with van der Waals surface area (Å²) in [6.07, 6.45) is 4.48. The van der Waals surface area contributed by atoms with Crippen LogP contribution in [0.3, 0.4) is 0 Å². The molecule has 0 spiro atoms. The molecule has 4 heteroatoms. The predicted molar refractivity (Wildman–Crippen MR) is 64.3 cm³/mol. The zero-order chi connectivity index (χ0) is 11.6. The van der Waals surface area contributed by atoms with E-state index in [1.165, 1.54) is 0 Å². The Labute approximate surface area is 98.1 Å². The first-order valence-electron chi connectivity index (χ1n) is 6.38. The SMILES string of the molecule is CCCCNC(=O)COCC1CCNCC1. The van der Waals surface area contributed by atoms with Crippen LogP contribution in [0.4, 0.5) is 0 Å². The molecule has 0 saturated carbocycles. The summed E-state index contributed by atoms with van der Waals surface area (Å²) >= 11 is 0. The van der Waals surface area contributed by atoms with Crippen LogP contribution in [-0.2, 0) is 9.53 Å². The van der Waals surface area contributed by atoms with Crippen molar-refractivity contribution in [1.29, 1.82) is 0 Å². The van der Waals surface area contributed by atoms with E-state index in [2.05, 4.69) is 17.6 Å². The molecule has 1 saturated heterocycles. The van der Waals surface area contributed by atoms with E-state index in [0.29, 0.717) is 5.92 Å². The number of piperidine rings is 1. The van der Waals surface area contributed by atoms with Crippen LogP contribution in [0.25, 0.3) is 0 Å². The molecule has 0 aromatic heterocycles. The van der Waals surface area contributed by atoms with E-state index in [1.807, 2.05) is 0 Å². The molecule has 2 N–H and O–H groups in total. The highest BCUT2D eigenvalue weighted by atomic mass is 16.5. The maximum Gasteiger partial charge on any atom is 0.245 e. The van der Waals surface area contributed by atoms with Gasteiger partial charge in [-0.05, 0) is 38.3 Å². The molecule has 1 heterocycles. The van der Waals surface area contributed by atoms with Crippen molar-refractivity contribution in [3.8, 4) is 0 Å². The monoisotopic (exact) mass is 228 g/mol. The number of unbranched alkanes of at least 4 members (excludes halogenated alkanes) is 1. The highest BCUT2D eigenvalue weighted by Gasteiger charge is 2.13. The van der Waals surface area contributed by atoms with Crippen molar-refractivity contribution in [1.82, 2.24) is 10.6 Å². The first-order chi connectivity index (χ1) is 7.83.